The molecule has 5 heteroatoms. The highest BCUT2D eigenvalue weighted by Gasteiger charge is 2.03. The van der Waals surface area contributed by atoms with E-state index in [-0.39, 0.29) is 18.0 Å². The number of hydrogen-bond donors (Lipinski definition) is 3. The summed E-state index contributed by atoms with van der Waals surface area (Å²) in [5.74, 6) is -1.15. The number of carbonyl (C=O) groups is 2. The Labute approximate surface area is 87.1 Å². The van der Waals surface area contributed by atoms with Gasteiger partial charge in [-0.3, -0.25) is 4.79 Å². The third-order valence-corrected chi connectivity index (χ3v) is 1.75. The summed E-state index contributed by atoms with van der Waals surface area (Å²) in [6, 6.07) is 5.99. The van der Waals surface area contributed by atoms with Crippen molar-refractivity contribution in [1.82, 2.24) is 5.32 Å². The van der Waals surface area contributed by atoms with E-state index >= 15 is 0 Å². The van der Waals surface area contributed by atoms with Gasteiger partial charge >= 0.3 is 5.97 Å². The molecule has 0 unspecified atom stereocenters. The Hall–Kier alpha value is -1.88. The number of nitrogens with one attached hydrogen (secondary N) is 2. The zero-order chi connectivity index (χ0) is 11.3. The van der Waals surface area contributed by atoms with Gasteiger partial charge in [-0.2, -0.15) is 0 Å². The summed E-state index contributed by atoms with van der Waals surface area (Å²) in [5, 5.41) is 14.0. The highest BCUT2D eigenvalue weighted by Crippen LogP contribution is 2.09. The number of amides is 1. The topological polar surface area (TPSA) is 78.4 Å². The van der Waals surface area contributed by atoms with Crippen LogP contribution in [0.3, 0.4) is 0 Å². The first kappa shape index (κ1) is 11.2. The average Bonchev–Trinajstić information content (AvgIpc) is 2.18. The Morgan fingerprint density at radius 1 is 1.27 bits per heavy atom. The summed E-state index contributed by atoms with van der Waals surface area (Å²) in [4.78, 5) is 21.7. The van der Waals surface area contributed by atoms with E-state index in [1.54, 1.807) is 19.2 Å². The first-order valence-corrected chi connectivity index (χ1v) is 4.41. The standard InChI is InChI=1S/C10H12N2O3/c1-11-6-9(13)12-8-4-2-7(3-5-8)10(14)15/h2-5,11H,6H2,1H3,(H,12,13)(H,14,15). The number of carboxylic acid groups (broad SMARTS) is 1. The predicted molar refractivity (Wildman–Crippen MR) is 56.0 cm³/mol. The SMILES string of the molecule is CNCC(=O)Nc1ccc(C(=O)O)cc1. The largest absolute Gasteiger partial charge is 0.478 e. The lowest BCUT2D eigenvalue weighted by atomic mass is 10.2. The predicted octanol–water partition coefficient (Wildman–Crippen LogP) is 0.543. The zero-order valence-electron chi connectivity index (χ0n) is 8.28. The number of carbonyl (C=O) groups excluding carboxylic acids is 1. The molecule has 0 aliphatic heterocycles. The molecule has 1 amide bonds. The summed E-state index contributed by atoms with van der Waals surface area (Å²) in [6.45, 7) is 0.223. The van der Waals surface area contributed by atoms with E-state index in [9.17, 15) is 9.59 Å². The van der Waals surface area contributed by atoms with Crippen LogP contribution in [0.2, 0.25) is 0 Å². The van der Waals surface area contributed by atoms with Crippen LogP contribution in [0.25, 0.3) is 0 Å². The Morgan fingerprint density at radius 3 is 2.33 bits per heavy atom. The number of aromatic carboxylic acids is 1. The van der Waals surface area contributed by atoms with Gasteiger partial charge in [0.05, 0.1) is 12.1 Å². The van der Waals surface area contributed by atoms with E-state index < -0.39 is 5.97 Å². The van der Waals surface area contributed by atoms with Gasteiger partial charge in [-0.1, -0.05) is 0 Å². The molecule has 0 heterocycles. The number of anilines is 1. The number of carboxylic acids is 1. The summed E-state index contributed by atoms with van der Waals surface area (Å²) in [6.07, 6.45) is 0. The molecule has 5 nitrogen and oxygen atoms in total. The summed E-state index contributed by atoms with van der Waals surface area (Å²) >= 11 is 0. The van der Waals surface area contributed by atoms with Gasteiger partial charge in [0.1, 0.15) is 0 Å². The van der Waals surface area contributed by atoms with Crippen molar-refractivity contribution in [2.45, 2.75) is 0 Å². The molecule has 0 bridgehead atoms. The van der Waals surface area contributed by atoms with Crippen molar-refractivity contribution in [3.8, 4) is 0 Å². The lowest BCUT2D eigenvalue weighted by molar-refractivity contribution is -0.115. The Bertz CT molecular complexity index is 359. The Balaban J connectivity index is 2.64. The van der Waals surface area contributed by atoms with E-state index in [1.807, 2.05) is 0 Å². The van der Waals surface area contributed by atoms with Crippen LogP contribution in [0.5, 0.6) is 0 Å². The van der Waals surface area contributed by atoms with Gasteiger partial charge in [-0.25, -0.2) is 4.79 Å². The summed E-state index contributed by atoms with van der Waals surface area (Å²) < 4.78 is 0. The molecule has 1 aromatic carbocycles. The summed E-state index contributed by atoms with van der Waals surface area (Å²) in [5.41, 5.74) is 0.780. The van der Waals surface area contributed by atoms with E-state index in [1.165, 1.54) is 12.1 Å². The van der Waals surface area contributed by atoms with Crippen LogP contribution in [0.4, 0.5) is 5.69 Å². The van der Waals surface area contributed by atoms with Gasteiger partial charge in [-0.15, -0.1) is 0 Å². The molecule has 0 saturated heterocycles. The minimum atomic E-state index is -0.983. The van der Waals surface area contributed by atoms with Gasteiger partial charge in [0.2, 0.25) is 5.91 Å². The molecule has 0 saturated carbocycles. The van der Waals surface area contributed by atoms with Crippen molar-refractivity contribution in [1.29, 1.82) is 0 Å². The number of hydrogen-bond acceptors (Lipinski definition) is 3. The molecule has 1 aromatic rings. The normalized spacial score (nSPS) is 9.67. The lowest BCUT2D eigenvalue weighted by Gasteiger charge is -2.04. The maximum atomic E-state index is 11.1. The Kier molecular flexibility index (Phi) is 3.82. The quantitative estimate of drug-likeness (QED) is 0.675. The second-order valence-electron chi connectivity index (χ2n) is 2.96. The van der Waals surface area contributed by atoms with E-state index in [0.29, 0.717) is 5.69 Å². The van der Waals surface area contributed by atoms with Gasteiger partial charge < -0.3 is 15.7 Å². The lowest BCUT2D eigenvalue weighted by Crippen LogP contribution is -2.25. The first-order chi connectivity index (χ1) is 7.13. The van der Waals surface area contributed by atoms with Crippen LogP contribution in [-0.4, -0.2) is 30.6 Å². The van der Waals surface area contributed by atoms with Crippen molar-refractivity contribution in [3.05, 3.63) is 29.8 Å². The van der Waals surface area contributed by atoms with E-state index in [4.69, 9.17) is 5.11 Å². The van der Waals surface area contributed by atoms with Crippen molar-refractivity contribution >= 4 is 17.6 Å². The van der Waals surface area contributed by atoms with Gasteiger partial charge in [0.25, 0.3) is 0 Å². The van der Waals surface area contributed by atoms with Crippen LogP contribution in [-0.2, 0) is 4.79 Å². The van der Waals surface area contributed by atoms with E-state index in [2.05, 4.69) is 10.6 Å². The minimum Gasteiger partial charge on any atom is -0.478 e. The van der Waals surface area contributed by atoms with Crippen molar-refractivity contribution in [2.75, 3.05) is 18.9 Å². The molecule has 0 aliphatic rings. The second kappa shape index (κ2) is 5.11. The van der Waals surface area contributed by atoms with Crippen molar-refractivity contribution in [3.63, 3.8) is 0 Å². The van der Waals surface area contributed by atoms with Crippen LogP contribution in [0.1, 0.15) is 10.4 Å². The highest BCUT2D eigenvalue weighted by atomic mass is 16.4. The second-order valence-corrected chi connectivity index (χ2v) is 2.96. The minimum absolute atomic E-state index is 0.166. The molecule has 0 aromatic heterocycles. The average molecular weight is 208 g/mol. The maximum Gasteiger partial charge on any atom is 0.335 e. The molecular weight excluding hydrogens is 196 g/mol. The van der Waals surface area contributed by atoms with Crippen LogP contribution < -0.4 is 10.6 Å². The fourth-order valence-electron chi connectivity index (χ4n) is 1.06. The third-order valence-electron chi connectivity index (χ3n) is 1.75. The first-order valence-electron chi connectivity index (χ1n) is 4.41. The maximum absolute atomic E-state index is 11.1. The van der Waals surface area contributed by atoms with Gasteiger partial charge in [0.15, 0.2) is 0 Å². The molecule has 3 N–H and O–H groups in total. The molecule has 0 atom stereocenters. The fraction of sp³-hybridized carbons (Fsp3) is 0.200. The highest BCUT2D eigenvalue weighted by molar-refractivity contribution is 5.93. The number of benzene rings is 1. The monoisotopic (exact) mass is 208 g/mol. The molecule has 0 fully saturated rings. The molecule has 15 heavy (non-hydrogen) atoms. The van der Waals surface area contributed by atoms with Crippen molar-refractivity contribution in [2.24, 2.45) is 0 Å². The van der Waals surface area contributed by atoms with Crippen LogP contribution >= 0.6 is 0 Å². The number of likely N-dealkylation sites (N-methyl/N-ethyl adjacent to an activating group) is 1. The summed E-state index contributed by atoms with van der Waals surface area (Å²) in [7, 11) is 1.67. The van der Waals surface area contributed by atoms with Crippen LogP contribution in [0.15, 0.2) is 24.3 Å². The molecule has 0 spiro atoms. The molecule has 80 valence electrons. The van der Waals surface area contributed by atoms with Crippen molar-refractivity contribution < 1.29 is 14.7 Å². The smallest absolute Gasteiger partial charge is 0.335 e. The number of rotatable bonds is 4. The van der Waals surface area contributed by atoms with Gasteiger partial charge in [0, 0.05) is 5.69 Å². The van der Waals surface area contributed by atoms with Crippen LogP contribution in [0, 0.1) is 0 Å². The zero-order valence-corrected chi connectivity index (χ0v) is 8.28. The molecule has 0 aliphatic carbocycles. The molecule has 1 rings (SSSR count). The van der Waals surface area contributed by atoms with E-state index in [0.717, 1.165) is 0 Å². The molecular formula is C10H12N2O3. The Morgan fingerprint density at radius 2 is 1.87 bits per heavy atom. The fourth-order valence-corrected chi connectivity index (χ4v) is 1.06. The molecule has 0 radical (unpaired) electrons. The van der Waals surface area contributed by atoms with Gasteiger partial charge in [-0.05, 0) is 31.3 Å². The third kappa shape index (κ3) is 3.40.